The van der Waals surface area contributed by atoms with E-state index in [0.29, 0.717) is 34.8 Å². The lowest BCUT2D eigenvalue weighted by atomic mass is 9.83. The molecule has 4 rings (SSSR count). The summed E-state index contributed by atoms with van der Waals surface area (Å²) in [6, 6.07) is 11.4. The number of sulfonamides is 1. The summed E-state index contributed by atoms with van der Waals surface area (Å²) >= 11 is 0. The molecule has 0 spiro atoms. The molecule has 2 aromatic rings. The molecule has 0 saturated carbocycles. The molecule has 9 heteroatoms. The van der Waals surface area contributed by atoms with Crippen LogP contribution in [0.4, 0.5) is 0 Å². The van der Waals surface area contributed by atoms with E-state index < -0.39 is 33.9 Å². The maximum Gasteiger partial charge on any atom is 0.309 e. The first-order valence-corrected chi connectivity index (χ1v) is 12.2. The smallest absolute Gasteiger partial charge is 0.309 e. The normalized spacial score (nSPS) is 22.8. The standard InChI is InChI=1S/C23H27NO7S/c1-3-4-11-32(27,28)24-13-18(16-7-10-19-20(12-16)31-14-30-19)21(23(25)26)22(24)15-5-8-17(29-2)9-6-15/h5-10,12,18,21-22H,3-4,11,13-14H2,1-2H3,(H,25,26). The third-order valence-electron chi connectivity index (χ3n) is 6.14. The number of ether oxygens (including phenoxy) is 3. The van der Waals surface area contributed by atoms with E-state index in [0.717, 1.165) is 6.42 Å². The Morgan fingerprint density at radius 2 is 1.81 bits per heavy atom. The molecule has 172 valence electrons. The Labute approximate surface area is 187 Å². The molecule has 1 N–H and O–H groups in total. The third-order valence-corrected chi connectivity index (χ3v) is 8.04. The summed E-state index contributed by atoms with van der Waals surface area (Å²) in [7, 11) is -2.13. The minimum Gasteiger partial charge on any atom is -0.497 e. The molecule has 8 nitrogen and oxygen atoms in total. The number of unbranched alkanes of at least 4 members (excludes halogenated alkanes) is 1. The molecule has 0 amide bonds. The van der Waals surface area contributed by atoms with Crippen molar-refractivity contribution in [3.05, 3.63) is 53.6 Å². The monoisotopic (exact) mass is 461 g/mol. The van der Waals surface area contributed by atoms with E-state index in [-0.39, 0.29) is 19.1 Å². The van der Waals surface area contributed by atoms with Gasteiger partial charge in [-0.1, -0.05) is 31.5 Å². The van der Waals surface area contributed by atoms with Crippen LogP contribution in [0.15, 0.2) is 42.5 Å². The van der Waals surface area contributed by atoms with Crippen molar-refractivity contribution >= 4 is 16.0 Å². The highest BCUT2D eigenvalue weighted by molar-refractivity contribution is 7.89. The highest BCUT2D eigenvalue weighted by Gasteiger charge is 2.51. The molecule has 0 aromatic heterocycles. The Balaban J connectivity index is 1.79. The molecule has 0 radical (unpaired) electrons. The van der Waals surface area contributed by atoms with E-state index in [1.54, 1.807) is 49.6 Å². The number of carboxylic acids is 1. The fourth-order valence-electron chi connectivity index (χ4n) is 4.49. The van der Waals surface area contributed by atoms with Gasteiger partial charge in [0.1, 0.15) is 5.75 Å². The summed E-state index contributed by atoms with van der Waals surface area (Å²) in [5.74, 6) is -0.799. The predicted molar refractivity (Wildman–Crippen MR) is 118 cm³/mol. The van der Waals surface area contributed by atoms with Crippen molar-refractivity contribution in [2.45, 2.75) is 31.7 Å². The van der Waals surface area contributed by atoms with E-state index in [4.69, 9.17) is 14.2 Å². The summed E-state index contributed by atoms with van der Waals surface area (Å²) in [4.78, 5) is 12.5. The Kier molecular flexibility index (Phi) is 6.30. The van der Waals surface area contributed by atoms with Gasteiger partial charge in [0.05, 0.1) is 24.8 Å². The summed E-state index contributed by atoms with van der Waals surface area (Å²) < 4.78 is 44.0. The molecule has 2 aromatic carbocycles. The van der Waals surface area contributed by atoms with Crippen LogP contribution in [-0.4, -0.2) is 50.0 Å². The zero-order valence-electron chi connectivity index (χ0n) is 18.1. The number of methoxy groups -OCH3 is 1. The van der Waals surface area contributed by atoms with E-state index in [1.807, 2.05) is 6.92 Å². The number of hydrogen-bond donors (Lipinski definition) is 1. The number of hydrogen-bond acceptors (Lipinski definition) is 6. The second kappa shape index (κ2) is 8.99. The van der Waals surface area contributed by atoms with Crippen molar-refractivity contribution < 1.29 is 32.5 Å². The van der Waals surface area contributed by atoms with Crippen molar-refractivity contribution in [3.8, 4) is 17.2 Å². The molecule has 3 unspecified atom stereocenters. The SMILES string of the molecule is CCCCS(=O)(=O)N1CC(c2ccc3c(c2)OCO3)C(C(=O)O)C1c1ccc(OC)cc1. The van der Waals surface area contributed by atoms with Crippen LogP contribution in [0.5, 0.6) is 17.2 Å². The second-order valence-electron chi connectivity index (χ2n) is 8.04. The van der Waals surface area contributed by atoms with Crippen LogP contribution in [0.25, 0.3) is 0 Å². The number of nitrogens with zero attached hydrogens (tertiary/aromatic N) is 1. The zero-order chi connectivity index (χ0) is 22.9. The third kappa shape index (κ3) is 4.14. The summed E-state index contributed by atoms with van der Waals surface area (Å²) in [6.45, 7) is 2.12. The molecule has 1 saturated heterocycles. The first kappa shape index (κ1) is 22.4. The molecule has 2 aliphatic rings. The lowest BCUT2D eigenvalue weighted by molar-refractivity contribution is -0.142. The van der Waals surface area contributed by atoms with Crippen LogP contribution in [0.1, 0.15) is 42.9 Å². The number of carboxylic acid groups (broad SMARTS) is 1. The fourth-order valence-corrected chi connectivity index (χ4v) is 6.36. The molecular weight excluding hydrogens is 434 g/mol. The van der Waals surface area contributed by atoms with Gasteiger partial charge in [0.2, 0.25) is 16.8 Å². The summed E-state index contributed by atoms with van der Waals surface area (Å²) in [5.41, 5.74) is 1.34. The maximum absolute atomic E-state index is 13.3. The average Bonchev–Trinajstić information content (AvgIpc) is 3.42. The van der Waals surface area contributed by atoms with Crippen LogP contribution >= 0.6 is 0 Å². The van der Waals surface area contributed by atoms with Gasteiger partial charge >= 0.3 is 5.97 Å². The van der Waals surface area contributed by atoms with Gasteiger partial charge in [0.15, 0.2) is 11.5 Å². The van der Waals surface area contributed by atoms with E-state index >= 15 is 0 Å². The van der Waals surface area contributed by atoms with Crippen LogP contribution in [0.3, 0.4) is 0 Å². The Morgan fingerprint density at radius 1 is 1.12 bits per heavy atom. The average molecular weight is 462 g/mol. The zero-order valence-corrected chi connectivity index (χ0v) is 18.9. The topological polar surface area (TPSA) is 102 Å². The Bertz CT molecular complexity index is 1080. The molecule has 2 heterocycles. The highest BCUT2D eigenvalue weighted by Crippen LogP contribution is 2.49. The summed E-state index contributed by atoms with van der Waals surface area (Å²) in [6.07, 6.45) is 1.24. The van der Waals surface area contributed by atoms with Gasteiger partial charge in [0, 0.05) is 12.5 Å². The largest absolute Gasteiger partial charge is 0.497 e. The number of benzene rings is 2. The van der Waals surface area contributed by atoms with Crippen molar-refractivity contribution in [2.75, 3.05) is 26.2 Å². The molecule has 0 aliphatic carbocycles. The van der Waals surface area contributed by atoms with Crippen LogP contribution < -0.4 is 14.2 Å². The van der Waals surface area contributed by atoms with E-state index in [2.05, 4.69) is 0 Å². The second-order valence-corrected chi connectivity index (χ2v) is 10.1. The molecule has 3 atom stereocenters. The molecule has 0 bridgehead atoms. The van der Waals surface area contributed by atoms with Crippen LogP contribution in [0, 0.1) is 5.92 Å². The first-order chi connectivity index (χ1) is 15.4. The minimum absolute atomic E-state index is 0.0175. The minimum atomic E-state index is -3.67. The van der Waals surface area contributed by atoms with Gasteiger partial charge in [-0.3, -0.25) is 4.79 Å². The predicted octanol–water partition coefficient (Wildman–Crippen LogP) is 3.40. The van der Waals surface area contributed by atoms with E-state index in [9.17, 15) is 18.3 Å². The van der Waals surface area contributed by atoms with Gasteiger partial charge in [0.25, 0.3) is 0 Å². The van der Waals surface area contributed by atoms with Gasteiger partial charge in [-0.15, -0.1) is 0 Å². The van der Waals surface area contributed by atoms with Crippen molar-refractivity contribution in [1.29, 1.82) is 0 Å². The van der Waals surface area contributed by atoms with Gasteiger partial charge in [-0.25, -0.2) is 8.42 Å². The quantitative estimate of drug-likeness (QED) is 0.643. The first-order valence-electron chi connectivity index (χ1n) is 10.6. The van der Waals surface area contributed by atoms with Gasteiger partial charge < -0.3 is 19.3 Å². The van der Waals surface area contributed by atoms with Crippen LogP contribution in [-0.2, 0) is 14.8 Å². The van der Waals surface area contributed by atoms with Gasteiger partial charge in [-0.05, 0) is 41.8 Å². The Morgan fingerprint density at radius 3 is 2.47 bits per heavy atom. The highest BCUT2D eigenvalue weighted by atomic mass is 32.2. The van der Waals surface area contributed by atoms with Gasteiger partial charge in [-0.2, -0.15) is 4.31 Å². The molecule has 2 aliphatic heterocycles. The Hall–Kier alpha value is -2.78. The maximum atomic E-state index is 13.3. The number of aliphatic carboxylic acids is 1. The fraction of sp³-hybridized carbons (Fsp3) is 0.435. The number of carbonyl (C=O) groups is 1. The number of fused-ring (bicyclic) bond motifs is 1. The van der Waals surface area contributed by atoms with Crippen LogP contribution in [0.2, 0.25) is 0 Å². The van der Waals surface area contributed by atoms with Crippen molar-refractivity contribution in [1.82, 2.24) is 4.31 Å². The molecule has 32 heavy (non-hydrogen) atoms. The molecule has 1 fully saturated rings. The van der Waals surface area contributed by atoms with Crippen molar-refractivity contribution in [3.63, 3.8) is 0 Å². The summed E-state index contributed by atoms with van der Waals surface area (Å²) in [5, 5.41) is 10.2. The molecular formula is C23H27NO7S. The van der Waals surface area contributed by atoms with E-state index in [1.165, 1.54) is 4.31 Å². The lowest BCUT2D eigenvalue weighted by Crippen LogP contribution is -2.35. The van der Waals surface area contributed by atoms with Crippen molar-refractivity contribution in [2.24, 2.45) is 5.92 Å². The lowest BCUT2D eigenvalue weighted by Gasteiger charge is -2.27. The number of rotatable bonds is 8.